The van der Waals surface area contributed by atoms with E-state index in [2.05, 4.69) is 5.32 Å². The number of piperidine rings is 1. The van der Waals surface area contributed by atoms with Crippen molar-refractivity contribution in [3.8, 4) is 0 Å². The number of carbonyl (C=O) groups is 1. The van der Waals surface area contributed by atoms with Crippen molar-refractivity contribution in [3.63, 3.8) is 0 Å². The van der Waals surface area contributed by atoms with Gasteiger partial charge in [0.2, 0.25) is 15.9 Å². The second-order valence-electron chi connectivity index (χ2n) is 4.33. The van der Waals surface area contributed by atoms with Crippen LogP contribution in [0, 0.1) is 0 Å². The molecule has 1 aliphatic rings. The maximum Gasteiger partial charge on any atom is 0.232 e. The van der Waals surface area contributed by atoms with E-state index in [0.29, 0.717) is 13.0 Å². The molecule has 0 aromatic heterocycles. The first kappa shape index (κ1) is 14.4. The van der Waals surface area contributed by atoms with Crippen LogP contribution in [0.3, 0.4) is 0 Å². The molecule has 1 heterocycles. The van der Waals surface area contributed by atoms with Gasteiger partial charge in [-0.25, -0.2) is 8.42 Å². The average Bonchev–Trinajstić information content (AvgIpc) is 2.26. The molecule has 1 unspecified atom stereocenters. The summed E-state index contributed by atoms with van der Waals surface area (Å²) in [6, 6.07) is -0.146. The Kier molecular flexibility index (Phi) is 5.35. The highest BCUT2D eigenvalue weighted by molar-refractivity contribution is 7.89. The molecule has 0 spiro atoms. The van der Waals surface area contributed by atoms with Gasteiger partial charge in [0.05, 0.1) is 12.3 Å². The zero-order chi connectivity index (χ0) is 12.9. The molecule has 17 heavy (non-hydrogen) atoms. The standard InChI is InChI=1S/C10H21N3O3S/c1-2-6-17(15,16)13(8-10(11)14)9-4-3-5-12-7-9/h9,12H,2-8H2,1H3,(H2,11,14). The summed E-state index contributed by atoms with van der Waals surface area (Å²) >= 11 is 0. The summed E-state index contributed by atoms with van der Waals surface area (Å²) in [5.41, 5.74) is 5.13. The molecule has 7 heteroatoms. The fraction of sp³-hybridized carbons (Fsp3) is 0.900. The summed E-state index contributed by atoms with van der Waals surface area (Å²) < 4.78 is 25.4. The van der Waals surface area contributed by atoms with Crippen LogP contribution in [-0.4, -0.2) is 50.1 Å². The van der Waals surface area contributed by atoms with Crippen LogP contribution in [0.4, 0.5) is 0 Å². The predicted octanol–water partition coefficient (Wildman–Crippen LogP) is -0.734. The highest BCUT2D eigenvalue weighted by Gasteiger charge is 2.31. The van der Waals surface area contributed by atoms with Gasteiger partial charge < -0.3 is 11.1 Å². The van der Waals surface area contributed by atoms with E-state index in [1.165, 1.54) is 4.31 Å². The van der Waals surface area contributed by atoms with Crippen LogP contribution in [0.5, 0.6) is 0 Å². The van der Waals surface area contributed by atoms with E-state index < -0.39 is 15.9 Å². The van der Waals surface area contributed by atoms with E-state index in [9.17, 15) is 13.2 Å². The van der Waals surface area contributed by atoms with Crippen LogP contribution in [0.25, 0.3) is 0 Å². The number of hydrogen-bond donors (Lipinski definition) is 2. The predicted molar refractivity (Wildman–Crippen MR) is 65.9 cm³/mol. The fourth-order valence-corrected chi connectivity index (χ4v) is 3.77. The van der Waals surface area contributed by atoms with Crippen LogP contribution >= 0.6 is 0 Å². The number of hydrogen-bond acceptors (Lipinski definition) is 4. The summed E-state index contributed by atoms with van der Waals surface area (Å²) in [5, 5.41) is 3.14. The van der Waals surface area contributed by atoms with Crippen molar-refractivity contribution in [2.45, 2.75) is 32.2 Å². The third kappa shape index (κ3) is 4.25. The van der Waals surface area contributed by atoms with Crippen molar-refractivity contribution in [1.82, 2.24) is 9.62 Å². The summed E-state index contributed by atoms with van der Waals surface area (Å²) in [4.78, 5) is 11.0. The normalized spacial score (nSPS) is 21.6. The lowest BCUT2D eigenvalue weighted by atomic mass is 10.1. The molecule has 1 rings (SSSR count). The third-order valence-corrected chi connectivity index (χ3v) is 4.88. The molecular weight excluding hydrogens is 242 g/mol. The number of carbonyl (C=O) groups excluding carboxylic acids is 1. The lowest BCUT2D eigenvalue weighted by molar-refractivity contribution is -0.118. The van der Waals surface area contributed by atoms with Crippen LogP contribution in [0.15, 0.2) is 0 Å². The van der Waals surface area contributed by atoms with Crippen molar-refractivity contribution in [3.05, 3.63) is 0 Å². The summed E-state index contributed by atoms with van der Waals surface area (Å²) in [6.07, 6.45) is 2.24. The van der Waals surface area contributed by atoms with Gasteiger partial charge in [-0.05, 0) is 25.8 Å². The number of rotatable bonds is 6. The number of amides is 1. The molecule has 6 nitrogen and oxygen atoms in total. The minimum Gasteiger partial charge on any atom is -0.369 e. The SMILES string of the molecule is CCCS(=O)(=O)N(CC(N)=O)C1CCCNC1. The molecule has 3 N–H and O–H groups in total. The largest absolute Gasteiger partial charge is 0.369 e. The van der Waals surface area contributed by atoms with Crippen LogP contribution in [0.1, 0.15) is 26.2 Å². The van der Waals surface area contributed by atoms with E-state index in [4.69, 9.17) is 5.73 Å². The first-order chi connectivity index (χ1) is 7.97. The molecule has 0 bridgehead atoms. The second kappa shape index (κ2) is 6.32. The fourth-order valence-electron chi connectivity index (χ4n) is 2.06. The smallest absolute Gasteiger partial charge is 0.232 e. The Balaban J connectivity index is 2.81. The minimum atomic E-state index is -3.37. The van der Waals surface area contributed by atoms with E-state index in [1.54, 1.807) is 6.92 Å². The molecule has 100 valence electrons. The Bertz CT molecular complexity index is 350. The van der Waals surface area contributed by atoms with Gasteiger partial charge in [-0.2, -0.15) is 4.31 Å². The number of nitrogens with zero attached hydrogens (tertiary/aromatic N) is 1. The van der Waals surface area contributed by atoms with Gasteiger partial charge in [-0.1, -0.05) is 6.92 Å². The molecule has 0 aromatic rings. The van der Waals surface area contributed by atoms with Crippen molar-refractivity contribution < 1.29 is 13.2 Å². The maximum absolute atomic E-state index is 12.1. The van der Waals surface area contributed by atoms with Crippen LogP contribution < -0.4 is 11.1 Å². The van der Waals surface area contributed by atoms with Crippen molar-refractivity contribution >= 4 is 15.9 Å². The van der Waals surface area contributed by atoms with Gasteiger partial charge in [-0.3, -0.25) is 4.79 Å². The second-order valence-corrected chi connectivity index (χ2v) is 6.37. The van der Waals surface area contributed by atoms with Crippen LogP contribution in [0.2, 0.25) is 0 Å². The molecule has 1 fully saturated rings. The minimum absolute atomic E-state index is 0.0662. The monoisotopic (exact) mass is 263 g/mol. The van der Waals surface area contributed by atoms with Crippen molar-refractivity contribution in [2.24, 2.45) is 5.73 Å². The van der Waals surface area contributed by atoms with Crippen molar-refractivity contribution in [1.29, 1.82) is 0 Å². The molecule has 1 atom stereocenters. The number of primary amides is 1. The Morgan fingerprint density at radius 1 is 1.53 bits per heavy atom. The molecule has 1 amide bonds. The van der Waals surface area contributed by atoms with Crippen molar-refractivity contribution in [2.75, 3.05) is 25.4 Å². The zero-order valence-corrected chi connectivity index (χ0v) is 11.0. The third-order valence-electron chi connectivity index (χ3n) is 2.81. The highest BCUT2D eigenvalue weighted by atomic mass is 32.2. The molecule has 0 saturated carbocycles. The maximum atomic E-state index is 12.1. The van der Waals surface area contributed by atoms with Gasteiger partial charge in [0.1, 0.15) is 0 Å². The summed E-state index contributed by atoms with van der Waals surface area (Å²) in [7, 11) is -3.37. The number of sulfonamides is 1. The topological polar surface area (TPSA) is 92.5 Å². The Morgan fingerprint density at radius 3 is 2.71 bits per heavy atom. The van der Waals surface area contributed by atoms with Gasteiger partial charge in [0.15, 0.2) is 0 Å². The highest BCUT2D eigenvalue weighted by Crippen LogP contribution is 2.15. The molecule has 0 radical (unpaired) electrons. The van der Waals surface area contributed by atoms with E-state index in [0.717, 1.165) is 19.4 Å². The van der Waals surface area contributed by atoms with E-state index in [-0.39, 0.29) is 18.3 Å². The first-order valence-corrected chi connectivity index (χ1v) is 7.57. The Labute approximate surface area is 103 Å². The van der Waals surface area contributed by atoms with E-state index in [1.807, 2.05) is 0 Å². The molecule has 1 aliphatic heterocycles. The molecule has 1 saturated heterocycles. The van der Waals surface area contributed by atoms with Gasteiger partial charge in [0, 0.05) is 12.6 Å². The quantitative estimate of drug-likeness (QED) is 0.660. The van der Waals surface area contributed by atoms with Gasteiger partial charge in [-0.15, -0.1) is 0 Å². The lowest BCUT2D eigenvalue weighted by Crippen LogP contribution is -2.51. The van der Waals surface area contributed by atoms with Gasteiger partial charge in [0.25, 0.3) is 0 Å². The first-order valence-electron chi connectivity index (χ1n) is 5.96. The Hall–Kier alpha value is -0.660. The molecule has 0 aromatic carbocycles. The number of nitrogens with two attached hydrogens (primary N) is 1. The summed E-state index contributed by atoms with van der Waals surface area (Å²) in [6.45, 7) is 3.08. The van der Waals surface area contributed by atoms with Gasteiger partial charge >= 0.3 is 0 Å². The lowest BCUT2D eigenvalue weighted by Gasteiger charge is -2.32. The van der Waals surface area contributed by atoms with Crippen LogP contribution in [-0.2, 0) is 14.8 Å². The Morgan fingerprint density at radius 2 is 2.24 bits per heavy atom. The zero-order valence-electron chi connectivity index (χ0n) is 10.2. The summed E-state index contributed by atoms with van der Waals surface area (Å²) in [5.74, 6) is -0.535. The molecular formula is C10H21N3O3S. The average molecular weight is 263 g/mol. The molecule has 0 aliphatic carbocycles. The van der Waals surface area contributed by atoms with E-state index >= 15 is 0 Å². The number of nitrogens with one attached hydrogen (secondary N) is 1.